The Hall–Kier alpha value is -2.57. The van der Waals surface area contributed by atoms with Gasteiger partial charge in [-0.1, -0.05) is 12.1 Å². The molecule has 25 heavy (non-hydrogen) atoms. The van der Waals surface area contributed by atoms with E-state index in [0.717, 1.165) is 37.1 Å². The molecule has 1 aromatic carbocycles. The third-order valence-electron chi connectivity index (χ3n) is 4.69. The number of hydrogen-bond acceptors (Lipinski definition) is 5. The highest BCUT2D eigenvalue weighted by atomic mass is 32.1. The molecule has 0 radical (unpaired) electrons. The van der Waals surface area contributed by atoms with E-state index in [9.17, 15) is 0 Å². The first-order valence-electron chi connectivity index (χ1n) is 8.39. The van der Waals surface area contributed by atoms with Crippen molar-refractivity contribution in [3.05, 3.63) is 65.2 Å². The second kappa shape index (κ2) is 6.06. The molecule has 0 saturated heterocycles. The predicted molar refractivity (Wildman–Crippen MR) is 99.3 cm³/mol. The molecule has 0 aliphatic carbocycles. The van der Waals surface area contributed by atoms with Crippen LogP contribution >= 0.6 is 11.3 Å². The summed E-state index contributed by atoms with van der Waals surface area (Å²) >= 11 is 1.80. The summed E-state index contributed by atoms with van der Waals surface area (Å²) in [6.07, 6.45) is 6.70. The van der Waals surface area contributed by atoms with Gasteiger partial charge in [0.05, 0.1) is 27.1 Å². The molecule has 0 spiro atoms. The van der Waals surface area contributed by atoms with Crippen LogP contribution in [-0.4, -0.2) is 31.6 Å². The third kappa shape index (κ3) is 2.73. The van der Waals surface area contributed by atoms with Gasteiger partial charge in [0.15, 0.2) is 0 Å². The monoisotopic (exact) mass is 347 g/mol. The average Bonchev–Trinajstić information content (AvgIpc) is 3.37. The van der Waals surface area contributed by atoms with Gasteiger partial charge in [-0.2, -0.15) is 5.10 Å². The Morgan fingerprint density at radius 1 is 1.16 bits per heavy atom. The predicted octanol–water partition coefficient (Wildman–Crippen LogP) is 3.64. The first-order valence-corrected chi connectivity index (χ1v) is 9.21. The lowest BCUT2D eigenvalue weighted by Crippen LogP contribution is -2.19. The minimum atomic E-state index is 0.909. The maximum absolute atomic E-state index is 4.74. The minimum absolute atomic E-state index is 0.909. The highest BCUT2D eigenvalue weighted by Gasteiger charge is 2.23. The number of fused-ring (bicyclic) bond motifs is 2. The Morgan fingerprint density at radius 3 is 3.00 bits per heavy atom. The maximum atomic E-state index is 4.74. The number of para-hydroxylation sites is 1. The summed E-state index contributed by atoms with van der Waals surface area (Å²) in [6, 6.07) is 10.4. The molecule has 0 fully saturated rings. The van der Waals surface area contributed by atoms with Gasteiger partial charge in [-0.15, -0.1) is 11.3 Å². The van der Waals surface area contributed by atoms with Crippen molar-refractivity contribution in [1.82, 2.24) is 25.1 Å². The largest absolute Gasteiger partial charge is 0.293 e. The number of aromatic amines is 1. The van der Waals surface area contributed by atoms with E-state index in [2.05, 4.69) is 44.3 Å². The molecule has 1 N–H and O–H groups in total. The quantitative estimate of drug-likeness (QED) is 0.612. The summed E-state index contributed by atoms with van der Waals surface area (Å²) in [5.74, 6) is 0. The minimum Gasteiger partial charge on any atom is -0.293 e. The van der Waals surface area contributed by atoms with E-state index in [-0.39, 0.29) is 0 Å². The lowest BCUT2D eigenvalue weighted by atomic mass is 10.0. The molecule has 0 saturated carbocycles. The Morgan fingerprint density at radius 2 is 2.12 bits per heavy atom. The van der Waals surface area contributed by atoms with Crippen LogP contribution in [0.5, 0.6) is 0 Å². The second-order valence-electron chi connectivity index (χ2n) is 6.31. The van der Waals surface area contributed by atoms with Crippen LogP contribution in [0.2, 0.25) is 0 Å². The van der Waals surface area contributed by atoms with E-state index in [1.54, 1.807) is 11.3 Å². The first-order chi connectivity index (χ1) is 12.4. The topological polar surface area (TPSA) is 57.7 Å². The molecule has 5 nitrogen and oxygen atoms in total. The number of benzene rings is 1. The Kier molecular flexibility index (Phi) is 3.57. The normalized spacial score (nSPS) is 14.2. The molecular formula is C19H17N5S. The van der Waals surface area contributed by atoms with E-state index in [1.807, 2.05) is 24.7 Å². The zero-order valence-corrected chi connectivity index (χ0v) is 14.5. The Bertz CT molecular complexity index is 988. The van der Waals surface area contributed by atoms with Crippen LogP contribution < -0.4 is 0 Å². The average molecular weight is 347 g/mol. The third-order valence-corrected chi connectivity index (χ3v) is 5.79. The zero-order valence-electron chi connectivity index (χ0n) is 13.6. The van der Waals surface area contributed by atoms with Gasteiger partial charge in [0.2, 0.25) is 0 Å². The number of nitrogens with zero attached hydrogens (tertiary/aromatic N) is 4. The fourth-order valence-corrected chi connectivity index (χ4v) is 4.40. The number of thiazole rings is 1. The molecule has 0 bridgehead atoms. The van der Waals surface area contributed by atoms with Crippen LogP contribution in [0.1, 0.15) is 16.3 Å². The molecule has 1 aliphatic heterocycles. The Labute approximate surface area is 149 Å². The van der Waals surface area contributed by atoms with Gasteiger partial charge >= 0.3 is 0 Å². The highest BCUT2D eigenvalue weighted by molar-refractivity contribution is 7.18. The smallest absolute Gasteiger partial charge is 0.0951 e. The fraction of sp³-hybridized carbons (Fsp3) is 0.211. The van der Waals surface area contributed by atoms with Gasteiger partial charge in [0.1, 0.15) is 0 Å². The molecule has 4 aromatic rings. The number of aromatic nitrogens is 4. The van der Waals surface area contributed by atoms with Gasteiger partial charge in [-0.25, -0.2) is 4.98 Å². The van der Waals surface area contributed by atoms with Gasteiger partial charge in [0, 0.05) is 44.0 Å². The van der Waals surface area contributed by atoms with Gasteiger partial charge in [-0.05, 0) is 29.3 Å². The second-order valence-corrected chi connectivity index (χ2v) is 7.42. The van der Waals surface area contributed by atoms with Crippen molar-refractivity contribution in [1.29, 1.82) is 0 Å². The van der Waals surface area contributed by atoms with Crippen molar-refractivity contribution in [2.45, 2.75) is 19.5 Å². The molecule has 4 heterocycles. The molecule has 124 valence electrons. The first kappa shape index (κ1) is 14.7. The summed E-state index contributed by atoms with van der Waals surface area (Å²) in [7, 11) is 0. The number of nitrogens with one attached hydrogen (secondary N) is 1. The van der Waals surface area contributed by atoms with Gasteiger partial charge < -0.3 is 0 Å². The zero-order chi connectivity index (χ0) is 16.6. The standard InChI is InChI=1S/C19H17N5S/c1-2-4-18-16(3-1)23-19(25-18)6-8-24-11-15-14(13-9-21-22-10-13)5-7-20-17(15)12-24/h1-5,7,9-10H,6,8,11-12H2,(H,21,22). The van der Waals surface area contributed by atoms with Crippen molar-refractivity contribution in [2.75, 3.05) is 6.54 Å². The van der Waals surface area contributed by atoms with Crippen LogP contribution in [0.25, 0.3) is 21.3 Å². The molecular weight excluding hydrogens is 330 g/mol. The molecule has 0 unspecified atom stereocenters. The molecule has 1 aliphatic rings. The van der Waals surface area contributed by atoms with Crippen LogP contribution in [0.3, 0.4) is 0 Å². The van der Waals surface area contributed by atoms with Crippen molar-refractivity contribution in [2.24, 2.45) is 0 Å². The SMILES string of the molecule is c1ccc2sc(CCN3Cc4nccc(-c5cn[nH]c5)c4C3)nc2c1. The summed E-state index contributed by atoms with van der Waals surface area (Å²) in [6.45, 7) is 2.85. The summed E-state index contributed by atoms with van der Waals surface area (Å²) < 4.78 is 1.27. The van der Waals surface area contributed by atoms with Crippen LogP contribution in [0.4, 0.5) is 0 Å². The van der Waals surface area contributed by atoms with E-state index in [1.165, 1.54) is 26.5 Å². The van der Waals surface area contributed by atoms with E-state index >= 15 is 0 Å². The molecule has 6 heteroatoms. The van der Waals surface area contributed by atoms with Crippen LogP contribution in [0.15, 0.2) is 48.9 Å². The van der Waals surface area contributed by atoms with Crippen molar-refractivity contribution >= 4 is 21.6 Å². The van der Waals surface area contributed by atoms with Crippen LogP contribution in [-0.2, 0) is 19.5 Å². The van der Waals surface area contributed by atoms with E-state index in [4.69, 9.17) is 4.98 Å². The number of hydrogen-bond donors (Lipinski definition) is 1. The molecule has 0 amide bonds. The highest BCUT2D eigenvalue weighted by Crippen LogP contribution is 2.31. The summed E-state index contributed by atoms with van der Waals surface area (Å²) in [5.41, 5.74) is 5.99. The van der Waals surface area contributed by atoms with Gasteiger partial charge in [-0.3, -0.25) is 15.0 Å². The van der Waals surface area contributed by atoms with Crippen molar-refractivity contribution in [3.63, 3.8) is 0 Å². The maximum Gasteiger partial charge on any atom is 0.0951 e. The van der Waals surface area contributed by atoms with E-state index in [0.29, 0.717) is 0 Å². The van der Waals surface area contributed by atoms with E-state index < -0.39 is 0 Å². The number of pyridine rings is 1. The number of H-pyrrole nitrogens is 1. The Balaban J connectivity index is 1.32. The summed E-state index contributed by atoms with van der Waals surface area (Å²) in [4.78, 5) is 11.8. The van der Waals surface area contributed by atoms with Crippen molar-refractivity contribution in [3.8, 4) is 11.1 Å². The summed E-state index contributed by atoms with van der Waals surface area (Å²) in [5, 5.41) is 8.18. The van der Waals surface area contributed by atoms with Gasteiger partial charge in [0.25, 0.3) is 0 Å². The van der Waals surface area contributed by atoms with Crippen molar-refractivity contribution < 1.29 is 0 Å². The molecule has 0 atom stereocenters. The lowest BCUT2D eigenvalue weighted by molar-refractivity contribution is 0.286. The van der Waals surface area contributed by atoms with Crippen LogP contribution in [0, 0.1) is 0 Å². The lowest BCUT2D eigenvalue weighted by Gasteiger charge is -2.13. The fourth-order valence-electron chi connectivity index (χ4n) is 3.45. The molecule has 3 aromatic heterocycles. The number of rotatable bonds is 4. The molecule has 5 rings (SSSR count).